The molecule has 0 fully saturated rings. The quantitative estimate of drug-likeness (QED) is 0.408. The Labute approximate surface area is 164 Å². The number of aryl methyl sites for hydroxylation is 1. The Morgan fingerprint density at radius 1 is 1.12 bits per heavy atom. The fraction of sp³-hybridized carbons (Fsp3) is 0.211. The van der Waals surface area contributed by atoms with E-state index in [1.165, 1.54) is 17.3 Å². The molecule has 2 aromatic carbocycles. The number of carbonyl (C=O) groups is 1. The molecule has 26 heavy (non-hydrogen) atoms. The molecule has 0 spiro atoms. The van der Waals surface area contributed by atoms with E-state index in [0.717, 1.165) is 10.2 Å². The van der Waals surface area contributed by atoms with Crippen molar-refractivity contribution in [3.63, 3.8) is 0 Å². The van der Waals surface area contributed by atoms with Crippen molar-refractivity contribution in [2.75, 3.05) is 5.75 Å². The molecule has 0 bridgehead atoms. The first kappa shape index (κ1) is 18.7. The molecule has 5 nitrogen and oxygen atoms in total. The molecule has 0 saturated carbocycles. The zero-order chi connectivity index (χ0) is 18.5. The molecule has 1 heterocycles. The maximum atomic E-state index is 12.3. The predicted molar refractivity (Wildman–Crippen MR) is 106 cm³/mol. The van der Waals surface area contributed by atoms with Gasteiger partial charge in [0.2, 0.25) is 0 Å². The van der Waals surface area contributed by atoms with Gasteiger partial charge in [0.15, 0.2) is 16.8 Å². The molecule has 0 atom stereocenters. The van der Waals surface area contributed by atoms with Gasteiger partial charge in [0.25, 0.3) is 0 Å². The van der Waals surface area contributed by atoms with Crippen LogP contribution < -0.4 is 4.74 Å². The number of hydrogen-bond acceptors (Lipinski definition) is 5. The van der Waals surface area contributed by atoms with Gasteiger partial charge < -0.3 is 9.30 Å². The summed E-state index contributed by atoms with van der Waals surface area (Å²) in [5.41, 5.74) is 1.87. The van der Waals surface area contributed by atoms with Crippen molar-refractivity contribution >= 4 is 33.5 Å². The number of ether oxygens (including phenoxy) is 1. The van der Waals surface area contributed by atoms with Crippen molar-refractivity contribution in [2.24, 2.45) is 7.05 Å². The Kier molecular flexibility index (Phi) is 6.11. The summed E-state index contributed by atoms with van der Waals surface area (Å²) in [5, 5.41) is 9.01. The van der Waals surface area contributed by atoms with Gasteiger partial charge in [0.05, 0.1) is 5.75 Å². The lowest BCUT2D eigenvalue weighted by atomic mass is 10.2. The van der Waals surface area contributed by atoms with Gasteiger partial charge in [-0.1, -0.05) is 57.5 Å². The number of halogens is 1. The molecule has 0 aliphatic heterocycles. The van der Waals surface area contributed by atoms with E-state index >= 15 is 0 Å². The van der Waals surface area contributed by atoms with Crippen LogP contribution in [0.25, 0.3) is 0 Å². The summed E-state index contributed by atoms with van der Waals surface area (Å²) in [6.07, 6.45) is 0. The van der Waals surface area contributed by atoms with Gasteiger partial charge in [-0.3, -0.25) is 4.79 Å². The zero-order valence-electron chi connectivity index (χ0n) is 14.5. The van der Waals surface area contributed by atoms with E-state index in [9.17, 15) is 4.79 Å². The monoisotopic (exact) mass is 431 g/mol. The maximum absolute atomic E-state index is 12.3. The number of hydrogen-bond donors (Lipinski definition) is 0. The second kappa shape index (κ2) is 8.51. The number of nitrogens with zero attached hydrogens (tertiary/aromatic N) is 3. The van der Waals surface area contributed by atoms with E-state index in [1.807, 2.05) is 67.1 Å². The Balaban J connectivity index is 1.57. The first-order chi connectivity index (χ1) is 12.5. The Bertz CT molecular complexity index is 892. The molecule has 7 heteroatoms. The molecular formula is C19H18BrN3O2S. The number of rotatable bonds is 7. The lowest BCUT2D eigenvalue weighted by molar-refractivity contribution is 0.102. The van der Waals surface area contributed by atoms with Gasteiger partial charge in [-0.2, -0.15) is 0 Å². The zero-order valence-corrected chi connectivity index (χ0v) is 16.9. The van der Waals surface area contributed by atoms with Crippen LogP contribution in [0.4, 0.5) is 0 Å². The molecule has 0 N–H and O–H groups in total. The molecule has 0 saturated heterocycles. The van der Waals surface area contributed by atoms with Gasteiger partial charge in [-0.05, 0) is 31.2 Å². The van der Waals surface area contributed by atoms with Crippen LogP contribution in [0.3, 0.4) is 0 Å². The average Bonchev–Trinajstić information content (AvgIpc) is 3.00. The highest BCUT2D eigenvalue weighted by molar-refractivity contribution is 9.10. The van der Waals surface area contributed by atoms with Crippen LogP contribution in [0.15, 0.2) is 58.2 Å². The van der Waals surface area contributed by atoms with Crippen LogP contribution in [0.1, 0.15) is 21.7 Å². The fourth-order valence-electron chi connectivity index (χ4n) is 2.23. The van der Waals surface area contributed by atoms with Gasteiger partial charge in [-0.15, -0.1) is 10.2 Å². The molecule has 3 rings (SSSR count). The van der Waals surface area contributed by atoms with Crippen molar-refractivity contribution in [1.29, 1.82) is 0 Å². The van der Waals surface area contributed by atoms with Crippen molar-refractivity contribution in [2.45, 2.75) is 18.7 Å². The third kappa shape index (κ3) is 4.74. The van der Waals surface area contributed by atoms with E-state index < -0.39 is 0 Å². The average molecular weight is 432 g/mol. The summed E-state index contributed by atoms with van der Waals surface area (Å²) in [7, 11) is 1.88. The maximum Gasteiger partial charge on any atom is 0.191 e. The Hall–Kier alpha value is -2.12. The third-order valence-corrected chi connectivity index (χ3v) is 5.36. The minimum absolute atomic E-state index is 0.0583. The van der Waals surface area contributed by atoms with Crippen LogP contribution in [0.2, 0.25) is 0 Å². The summed E-state index contributed by atoms with van der Waals surface area (Å²) in [6, 6.07) is 15.2. The standard InChI is InChI=1S/C19H18BrN3O2S/c1-13-3-9-16(10-4-13)25-11-18-21-22-19(23(18)2)26-12-17(24)14-5-7-15(20)8-6-14/h3-10H,11-12H2,1-2H3. The van der Waals surface area contributed by atoms with E-state index in [2.05, 4.69) is 26.1 Å². The molecule has 0 radical (unpaired) electrons. The molecule has 1 aromatic heterocycles. The third-order valence-electron chi connectivity index (χ3n) is 3.81. The van der Waals surface area contributed by atoms with E-state index in [1.54, 1.807) is 0 Å². The SMILES string of the molecule is Cc1ccc(OCc2nnc(SCC(=O)c3ccc(Br)cc3)n2C)cc1. The molecule has 0 aliphatic carbocycles. The minimum atomic E-state index is 0.0583. The van der Waals surface area contributed by atoms with Crippen molar-refractivity contribution in [3.8, 4) is 5.75 Å². The normalized spacial score (nSPS) is 10.7. The van der Waals surface area contributed by atoms with Gasteiger partial charge in [-0.25, -0.2) is 0 Å². The smallest absolute Gasteiger partial charge is 0.191 e. The van der Waals surface area contributed by atoms with Gasteiger partial charge >= 0.3 is 0 Å². The van der Waals surface area contributed by atoms with Crippen LogP contribution in [0.5, 0.6) is 5.75 Å². The number of Topliss-reactive ketones (excluding diaryl/α,β-unsaturated/α-hetero) is 1. The van der Waals surface area contributed by atoms with Crippen molar-refractivity contribution in [3.05, 3.63) is 70.0 Å². The highest BCUT2D eigenvalue weighted by Gasteiger charge is 2.13. The lowest BCUT2D eigenvalue weighted by Crippen LogP contribution is -2.06. The van der Waals surface area contributed by atoms with Gasteiger partial charge in [0.1, 0.15) is 12.4 Å². The van der Waals surface area contributed by atoms with Crippen molar-refractivity contribution < 1.29 is 9.53 Å². The summed E-state index contributed by atoms with van der Waals surface area (Å²) >= 11 is 4.74. The Morgan fingerprint density at radius 2 is 1.81 bits per heavy atom. The largest absolute Gasteiger partial charge is 0.486 e. The Morgan fingerprint density at radius 3 is 2.50 bits per heavy atom. The van der Waals surface area contributed by atoms with Crippen molar-refractivity contribution in [1.82, 2.24) is 14.8 Å². The first-order valence-electron chi connectivity index (χ1n) is 8.02. The van der Waals surface area contributed by atoms with Crippen LogP contribution in [-0.2, 0) is 13.7 Å². The number of ketones is 1. The minimum Gasteiger partial charge on any atom is -0.486 e. The summed E-state index contributed by atoms with van der Waals surface area (Å²) in [5.74, 6) is 1.87. The summed E-state index contributed by atoms with van der Waals surface area (Å²) in [4.78, 5) is 12.3. The number of aromatic nitrogens is 3. The highest BCUT2D eigenvalue weighted by atomic mass is 79.9. The number of thioether (sulfide) groups is 1. The molecular weight excluding hydrogens is 414 g/mol. The number of carbonyl (C=O) groups excluding carboxylic acids is 1. The van der Waals surface area contributed by atoms with Crippen LogP contribution in [-0.4, -0.2) is 26.3 Å². The number of benzene rings is 2. The first-order valence-corrected chi connectivity index (χ1v) is 9.80. The summed E-state index contributed by atoms with van der Waals surface area (Å²) in [6.45, 7) is 2.36. The van der Waals surface area contributed by atoms with Gasteiger partial charge in [0, 0.05) is 17.1 Å². The van der Waals surface area contributed by atoms with Crippen LogP contribution in [0, 0.1) is 6.92 Å². The lowest BCUT2D eigenvalue weighted by Gasteiger charge is -2.07. The topological polar surface area (TPSA) is 57.0 Å². The second-order valence-electron chi connectivity index (χ2n) is 5.78. The molecule has 0 unspecified atom stereocenters. The second-order valence-corrected chi connectivity index (χ2v) is 7.64. The molecule has 134 valence electrons. The molecule has 0 aliphatic rings. The molecule has 3 aromatic rings. The molecule has 0 amide bonds. The summed E-state index contributed by atoms with van der Waals surface area (Å²) < 4.78 is 8.55. The highest BCUT2D eigenvalue weighted by Crippen LogP contribution is 2.20. The predicted octanol–water partition coefficient (Wildman–Crippen LogP) is 4.44. The van der Waals surface area contributed by atoms with E-state index in [-0.39, 0.29) is 5.78 Å². The van der Waals surface area contributed by atoms with Crippen LogP contribution >= 0.6 is 27.7 Å². The fourth-order valence-corrected chi connectivity index (χ4v) is 3.32. The van der Waals surface area contributed by atoms with E-state index in [4.69, 9.17) is 4.74 Å². The van der Waals surface area contributed by atoms with E-state index in [0.29, 0.717) is 28.9 Å².